The second-order valence-electron chi connectivity index (χ2n) is 7.86. The van der Waals surface area contributed by atoms with Crippen molar-refractivity contribution >= 4 is 17.4 Å². The van der Waals surface area contributed by atoms with E-state index in [1.807, 2.05) is 30.3 Å². The Morgan fingerprint density at radius 2 is 1.71 bits per heavy atom. The van der Waals surface area contributed by atoms with E-state index < -0.39 is 35.2 Å². The maximum Gasteiger partial charge on any atom is 0.249 e. The number of nitrogens with zero attached hydrogens (tertiary/aromatic N) is 2. The smallest absolute Gasteiger partial charge is 0.249 e. The van der Waals surface area contributed by atoms with Crippen LogP contribution in [-0.2, 0) is 4.79 Å². The standard InChI is InChI=1S/C26H16F2N4O2/c27-15-6-9-17(10-7-15)30-26(34)20(13-29)25(33)24-22-21(14-4-2-1-3-5-14)18-11-8-16(28)12-19(18)23(22)31-32-24/h1-12,20-21H,(H,30,34)(H,31,32). The number of hydrogen-bond acceptors (Lipinski definition) is 4. The van der Waals surface area contributed by atoms with E-state index in [2.05, 4.69) is 15.5 Å². The van der Waals surface area contributed by atoms with E-state index in [1.54, 1.807) is 12.1 Å². The largest absolute Gasteiger partial charge is 0.325 e. The fraction of sp³-hybridized carbons (Fsp3) is 0.0769. The number of carbonyl (C=O) groups excluding carboxylic acids is 2. The number of aromatic nitrogens is 2. The van der Waals surface area contributed by atoms with Gasteiger partial charge in [-0.1, -0.05) is 36.4 Å². The lowest BCUT2D eigenvalue weighted by Gasteiger charge is -2.16. The molecule has 0 saturated heterocycles. The number of fused-ring (bicyclic) bond motifs is 3. The van der Waals surface area contributed by atoms with E-state index in [0.29, 0.717) is 16.8 Å². The molecule has 1 heterocycles. The predicted octanol–water partition coefficient (Wildman–Crippen LogP) is 4.81. The number of nitrogens with one attached hydrogen (secondary N) is 2. The molecular weight excluding hydrogens is 438 g/mol. The SMILES string of the molecule is N#CC(C(=O)Nc1ccc(F)cc1)C(=O)c1[nH]nc2c1C(c1ccccc1)c1ccc(F)cc1-2. The van der Waals surface area contributed by atoms with Crippen molar-refractivity contribution in [2.75, 3.05) is 5.32 Å². The topological polar surface area (TPSA) is 98.6 Å². The summed E-state index contributed by atoms with van der Waals surface area (Å²) in [5.74, 6) is -4.63. The Morgan fingerprint density at radius 3 is 2.41 bits per heavy atom. The number of Topliss-reactive ketones (excluding diaryl/α,β-unsaturated/α-hetero) is 1. The molecule has 0 radical (unpaired) electrons. The van der Waals surface area contributed by atoms with Crippen molar-refractivity contribution in [3.8, 4) is 17.3 Å². The fourth-order valence-electron chi connectivity index (χ4n) is 4.29. The van der Waals surface area contributed by atoms with Crippen molar-refractivity contribution in [3.05, 3.63) is 107 Å². The molecule has 166 valence electrons. The van der Waals surface area contributed by atoms with Crippen LogP contribution in [0.25, 0.3) is 11.3 Å². The molecule has 2 atom stereocenters. The third-order valence-electron chi connectivity index (χ3n) is 5.82. The van der Waals surface area contributed by atoms with E-state index in [9.17, 15) is 23.6 Å². The van der Waals surface area contributed by atoms with Crippen LogP contribution in [0.3, 0.4) is 0 Å². The zero-order valence-corrected chi connectivity index (χ0v) is 17.5. The van der Waals surface area contributed by atoms with Gasteiger partial charge < -0.3 is 5.32 Å². The van der Waals surface area contributed by atoms with Crippen LogP contribution in [0.15, 0.2) is 72.8 Å². The first-order valence-electron chi connectivity index (χ1n) is 10.4. The summed E-state index contributed by atoms with van der Waals surface area (Å²) in [6.07, 6.45) is 0. The number of nitriles is 1. The van der Waals surface area contributed by atoms with Crippen molar-refractivity contribution in [2.45, 2.75) is 5.92 Å². The van der Waals surface area contributed by atoms with Gasteiger partial charge in [0.25, 0.3) is 0 Å². The molecule has 4 aromatic rings. The third kappa shape index (κ3) is 3.53. The van der Waals surface area contributed by atoms with E-state index in [4.69, 9.17) is 0 Å². The van der Waals surface area contributed by atoms with Crippen molar-refractivity contribution in [3.63, 3.8) is 0 Å². The van der Waals surface area contributed by atoms with E-state index in [0.717, 1.165) is 23.3 Å². The van der Waals surface area contributed by atoms with Gasteiger partial charge in [0.2, 0.25) is 11.7 Å². The summed E-state index contributed by atoms with van der Waals surface area (Å²) < 4.78 is 27.2. The monoisotopic (exact) mass is 454 g/mol. The van der Waals surface area contributed by atoms with Gasteiger partial charge in [-0.2, -0.15) is 10.4 Å². The van der Waals surface area contributed by atoms with Crippen LogP contribution in [0.5, 0.6) is 0 Å². The second kappa shape index (κ2) is 8.37. The summed E-state index contributed by atoms with van der Waals surface area (Å²) in [5.41, 5.74) is 3.34. The quantitative estimate of drug-likeness (QED) is 0.294. The molecule has 2 N–H and O–H groups in total. The first-order valence-corrected chi connectivity index (χ1v) is 10.4. The maximum absolute atomic E-state index is 14.0. The molecular formula is C26H16F2N4O2. The lowest BCUT2D eigenvalue weighted by molar-refractivity contribution is -0.117. The molecule has 2 unspecified atom stereocenters. The van der Waals surface area contributed by atoms with Crippen molar-refractivity contribution in [1.29, 1.82) is 5.26 Å². The highest BCUT2D eigenvalue weighted by atomic mass is 19.1. The lowest BCUT2D eigenvalue weighted by atomic mass is 9.87. The van der Waals surface area contributed by atoms with Crippen LogP contribution in [0.4, 0.5) is 14.5 Å². The minimum atomic E-state index is -1.67. The second-order valence-corrected chi connectivity index (χ2v) is 7.86. The minimum absolute atomic E-state index is 0.0151. The fourth-order valence-corrected chi connectivity index (χ4v) is 4.29. The molecule has 1 aromatic heterocycles. The Hall–Kier alpha value is -4.64. The van der Waals surface area contributed by atoms with Gasteiger partial charge in [0.15, 0.2) is 5.92 Å². The normalized spacial score (nSPS) is 14.6. The minimum Gasteiger partial charge on any atom is -0.325 e. The van der Waals surface area contributed by atoms with E-state index in [-0.39, 0.29) is 11.4 Å². The Kier molecular flexibility index (Phi) is 5.22. The number of ketones is 1. The summed E-state index contributed by atoms with van der Waals surface area (Å²) >= 11 is 0. The maximum atomic E-state index is 14.0. The molecule has 0 bridgehead atoms. The molecule has 1 amide bonds. The van der Waals surface area contributed by atoms with Crippen molar-refractivity contribution in [1.82, 2.24) is 10.2 Å². The average molecular weight is 454 g/mol. The van der Waals surface area contributed by atoms with Crippen LogP contribution in [0.2, 0.25) is 0 Å². The summed E-state index contributed by atoms with van der Waals surface area (Å²) in [5, 5.41) is 19.0. The highest BCUT2D eigenvalue weighted by Crippen LogP contribution is 2.48. The first-order chi connectivity index (χ1) is 16.5. The number of benzene rings is 3. The predicted molar refractivity (Wildman–Crippen MR) is 120 cm³/mol. The lowest BCUT2D eigenvalue weighted by Crippen LogP contribution is -2.29. The number of rotatable bonds is 5. The number of amides is 1. The summed E-state index contributed by atoms with van der Waals surface area (Å²) in [4.78, 5) is 26.1. The summed E-state index contributed by atoms with van der Waals surface area (Å²) in [6, 6.07) is 20.4. The van der Waals surface area contributed by atoms with Gasteiger partial charge in [-0.25, -0.2) is 8.78 Å². The number of halogens is 2. The van der Waals surface area contributed by atoms with Gasteiger partial charge in [-0.15, -0.1) is 0 Å². The van der Waals surface area contributed by atoms with Crippen LogP contribution in [0, 0.1) is 28.9 Å². The number of H-pyrrole nitrogens is 1. The van der Waals surface area contributed by atoms with Crippen molar-refractivity contribution in [2.24, 2.45) is 5.92 Å². The third-order valence-corrected chi connectivity index (χ3v) is 5.82. The Morgan fingerprint density at radius 1 is 1.00 bits per heavy atom. The van der Waals surface area contributed by atoms with Gasteiger partial charge >= 0.3 is 0 Å². The van der Waals surface area contributed by atoms with Gasteiger partial charge in [0.05, 0.1) is 11.8 Å². The van der Waals surface area contributed by atoms with Crippen molar-refractivity contribution < 1.29 is 18.4 Å². The van der Waals surface area contributed by atoms with Crippen LogP contribution in [0.1, 0.15) is 33.1 Å². The molecule has 0 aliphatic heterocycles. The number of aromatic amines is 1. The van der Waals surface area contributed by atoms with Crippen LogP contribution < -0.4 is 5.32 Å². The summed E-state index contributed by atoms with van der Waals surface area (Å²) in [6.45, 7) is 0. The molecule has 0 saturated carbocycles. The molecule has 5 rings (SSSR count). The molecule has 0 spiro atoms. The van der Waals surface area contributed by atoms with E-state index >= 15 is 0 Å². The van der Waals surface area contributed by atoms with Crippen LogP contribution in [-0.4, -0.2) is 21.9 Å². The highest BCUT2D eigenvalue weighted by molar-refractivity contribution is 6.16. The Bertz CT molecular complexity index is 1460. The molecule has 0 fully saturated rings. The average Bonchev–Trinajstić information content (AvgIpc) is 3.40. The zero-order valence-electron chi connectivity index (χ0n) is 17.5. The highest BCUT2D eigenvalue weighted by Gasteiger charge is 2.40. The van der Waals surface area contributed by atoms with Gasteiger partial charge in [0, 0.05) is 22.7 Å². The molecule has 1 aliphatic carbocycles. The van der Waals surface area contributed by atoms with Gasteiger partial charge in [-0.3, -0.25) is 14.7 Å². The zero-order chi connectivity index (χ0) is 23.8. The summed E-state index contributed by atoms with van der Waals surface area (Å²) in [7, 11) is 0. The molecule has 8 heteroatoms. The Balaban J connectivity index is 1.55. The molecule has 1 aliphatic rings. The van der Waals surface area contributed by atoms with Gasteiger partial charge in [-0.05, 0) is 47.5 Å². The molecule has 6 nitrogen and oxygen atoms in total. The number of hydrogen-bond donors (Lipinski definition) is 2. The molecule has 34 heavy (non-hydrogen) atoms. The number of anilines is 1. The number of carbonyl (C=O) groups is 2. The van der Waals surface area contributed by atoms with E-state index in [1.165, 1.54) is 24.3 Å². The Labute approximate surface area is 192 Å². The first kappa shape index (κ1) is 21.2. The van der Waals surface area contributed by atoms with Gasteiger partial charge in [0.1, 0.15) is 17.3 Å². The molecule has 3 aromatic carbocycles. The van der Waals surface area contributed by atoms with Crippen LogP contribution >= 0.6 is 0 Å².